The lowest BCUT2D eigenvalue weighted by Gasteiger charge is -2.00. The zero-order valence-electron chi connectivity index (χ0n) is 8.93. The van der Waals surface area contributed by atoms with Crippen LogP contribution in [0.4, 0.5) is 8.78 Å². The van der Waals surface area contributed by atoms with Crippen molar-refractivity contribution in [2.24, 2.45) is 5.73 Å². The molecule has 0 fully saturated rings. The Morgan fingerprint density at radius 2 is 2.19 bits per heavy atom. The molecule has 86 valence electrons. The fraction of sp³-hybridized carbons (Fsp3) is 0.364. The number of rotatable bonds is 3. The molecule has 1 unspecified atom stereocenters. The van der Waals surface area contributed by atoms with Gasteiger partial charge in [-0.05, 0) is 19.4 Å². The van der Waals surface area contributed by atoms with Gasteiger partial charge in [0, 0.05) is 18.5 Å². The molecule has 0 bridgehead atoms. The lowest BCUT2D eigenvalue weighted by Crippen LogP contribution is -2.15. The van der Waals surface area contributed by atoms with E-state index >= 15 is 0 Å². The van der Waals surface area contributed by atoms with Crippen LogP contribution in [-0.4, -0.2) is 16.0 Å². The van der Waals surface area contributed by atoms with Gasteiger partial charge in [0.15, 0.2) is 5.82 Å². The fourth-order valence-corrected chi connectivity index (χ4v) is 1.58. The van der Waals surface area contributed by atoms with Crippen molar-refractivity contribution in [3.8, 4) is 0 Å². The fourth-order valence-electron chi connectivity index (χ4n) is 1.58. The Hall–Kier alpha value is -1.49. The number of fused-ring (bicyclic) bond motifs is 1. The topological polar surface area (TPSA) is 54.7 Å². The summed E-state index contributed by atoms with van der Waals surface area (Å²) in [4.78, 5) is 6.96. The average Bonchev–Trinajstić information content (AvgIpc) is 2.57. The number of hydrogen-bond acceptors (Lipinski definition) is 2. The zero-order valence-corrected chi connectivity index (χ0v) is 8.93. The molecule has 0 aliphatic carbocycles. The second kappa shape index (κ2) is 4.17. The summed E-state index contributed by atoms with van der Waals surface area (Å²) in [5.41, 5.74) is 6.18. The van der Waals surface area contributed by atoms with E-state index in [2.05, 4.69) is 9.97 Å². The number of aromatic nitrogens is 2. The van der Waals surface area contributed by atoms with Gasteiger partial charge in [0.05, 0.1) is 5.52 Å². The Bertz CT molecular complexity index is 505. The molecule has 0 aliphatic heterocycles. The summed E-state index contributed by atoms with van der Waals surface area (Å²) in [6, 6.07) is 2.13. The predicted octanol–water partition coefficient (Wildman–Crippen LogP) is 2.12. The number of nitrogens with zero attached hydrogens (tertiary/aromatic N) is 1. The van der Waals surface area contributed by atoms with Crippen LogP contribution >= 0.6 is 0 Å². The van der Waals surface area contributed by atoms with Crippen LogP contribution in [-0.2, 0) is 6.42 Å². The number of hydrogen-bond donors (Lipinski definition) is 2. The van der Waals surface area contributed by atoms with E-state index in [1.54, 1.807) is 0 Å². The molecule has 1 aromatic carbocycles. The SMILES string of the molecule is CC(N)CCc1nc2c(F)cc(F)cc2[nH]1. The lowest BCUT2D eigenvalue weighted by molar-refractivity contribution is 0.590. The molecular formula is C11H13F2N3. The first kappa shape index (κ1) is 11.0. The van der Waals surface area contributed by atoms with Crippen molar-refractivity contribution in [3.05, 3.63) is 29.6 Å². The molecule has 1 atom stereocenters. The van der Waals surface area contributed by atoms with E-state index in [1.807, 2.05) is 6.92 Å². The van der Waals surface area contributed by atoms with Gasteiger partial charge in [-0.15, -0.1) is 0 Å². The van der Waals surface area contributed by atoms with Gasteiger partial charge in [0.25, 0.3) is 0 Å². The molecule has 1 heterocycles. The molecule has 5 heteroatoms. The van der Waals surface area contributed by atoms with E-state index in [0.717, 1.165) is 12.5 Å². The largest absolute Gasteiger partial charge is 0.342 e. The van der Waals surface area contributed by atoms with Crippen LogP contribution in [0.5, 0.6) is 0 Å². The van der Waals surface area contributed by atoms with E-state index in [0.29, 0.717) is 17.8 Å². The molecule has 0 saturated carbocycles. The first-order chi connectivity index (χ1) is 7.56. The predicted molar refractivity (Wildman–Crippen MR) is 58.0 cm³/mol. The van der Waals surface area contributed by atoms with Crippen LogP contribution < -0.4 is 5.73 Å². The van der Waals surface area contributed by atoms with Crippen LogP contribution in [0.2, 0.25) is 0 Å². The highest BCUT2D eigenvalue weighted by Gasteiger charge is 2.09. The molecule has 1 aromatic heterocycles. The summed E-state index contributed by atoms with van der Waals surface area (Å²) >= 11 is 0. The quantitative estimate of drug-likeness (QED) is 0.840. The standard InChI is InChI=1S/C11H13F2N3/c1-6(14)2-3-10-15-9-5-7(12)4-8(13)11(9)16-10/h4-6H,2-3,14H2,1H3,(H,15,16). The zero-order chi connectivity index (χ0) is 11.7. The molecule has 0 radical (unpaired) electrons. The highest BCUT2D eigenvalue weighted by Crippen LogP contribution is 2.17. The van der Waals surface area contributed by atoms with Gasteiger partial charge in [-0.25, -0.2) is 13.8 Å². The Morgan fingerprint density at radius 3 is 2.88 bits per heavy atom. The number of nitrogens with one attached hydrogen (secondary N) is 1. The highest BCUT2D eigenvalue weighted by molar-refractivity contribution is 5.75. The van der Waals surface area contributed by atoms with Gasteiger partial charge in [0.1, 0.15) is 17.2 Å². The van der Waals surface area contributed by atoms with E-state index in [9.17, 15) is 8.78 Å². The first-order valence-electron chi connectivity index (χ1n) is 5.15. The van der Waals surface area contributed by atoms with E-state index in [-0.39, 0.29) is 11.6 Å². The molecule has 3 N–H and O–H groups in total. The maximum atomic E-state index is 13.3. The summed E-state index contributed by atoms with van der Waals surface area (Å²) in [5.74, 6) is -0.609. The second-order valence-corrected chi connectivity index (χ2v) is 3.98. The maximum absolute atomic E-state index is 13.3. The average molecular weight is 225 g/mol. The number of aromatic amines is 1. The van der Waals surface area contributed by atoms with Crippen molar-refractivity contribution in [2.45, 2.75) is 25.8 Å². The van der Waals surface area contributed by atoms with Gasteiger partial charge in [-0.2, -0.15) is 0 Å². The molecule has 3 nitrogen and oxygen atoms in total. The third-order valence-corrected chi connectivity index (χ3v) is 2.39. The Kier molecular flexibility index (Phi) is 2.87. The monoisotopic (exact) mass is 225 g/mol. The minimum absolute atomic E-state index is 0.0646. The summed E-state index contributed by atoms with van der Waals surface area (Å²) in [7, 11) is 0. The number of halogens is 2. The number of imidazole rings is 1. The van der Waals surface area contributed by atoms with E-state index in [4.69, 9.17) is 5.73 Å². The van der Waals surface area contributed by atoms with E-state index < -0.39 is 11.6 Å². The summed E-state index contributed by atoms with van der Waals surface area (Å²) < 4.78 is 26.2. The van der Waals surface area contributed by atoms with Crippen LogP contribution in [0.3, 0.4) is 0 Å². The minimum atomic E-state index is -0.640. The van der Waals surface area contributed by atoms with Gasteiger partial charge in [-0.3, -0.25) is 0 Å². The number of aryl methyl sites for hydroxylation is 1. The summed E-state index contributed by atoms with van der Waals surface area (Å²) in [6.45, 7) is 1.89. The maximum Gasteiger partial charge on any atom is 0.153 e. The number of benzene rings is 1. The third-order valence-electron chi connectivity index (χ3n) is 2.39. The molecule has 0 spiro atoms. The normalized spacial score (nSPS) is 13.2. The molecule has 2 rings (SSSR count). The Morgan fingerprint density at radius 1 is 1.44 bits per heavy atom. The van der Waals surface area contributed by atoms with Crippen molar-refractivity contribution < 1.29 is 8.78 Å². The summed E-state index contributed by atoms with van der Waals surface area (Å²) in [6.07, 6.45) is 1.39. The van der Waals surface area contributed by atoms with Crippen LogP contribution in [0.1, 0.15) is 19.2 Å². The minimum Gasteiger partial charge on any atom is -0.342 e. The van der Waals surface area contributed by atoms with Crippen LogP contribution in [0, 0.1) is 11.6 Å². The van der Waals surface area contributed by atoms with Crippen molar-refractivity contribution in [1.82, 2.24) is 9.97 Å². The molecule has 0 aliphatic rings. The molecular weight excluding hydrogens is 212 g/mol. The van der Waals surface area contributed by atoms with Crippen LogP contribution in [0.15, 0.2) is 12.1 Å². The van der Waals surface area contributed by atoms with Gasteiger partial charge in [-0.1, -0.05) is 0 Å². The van der Waals surface area contributed by atoms with Crippen molar-refractivity contribution in [3.63, 3.8) is 0 Å². The van der Waals surface area contributed by atoms with Crippen molar-refractivity contribution in [1.29, 1.82) is 0 Å². The van der Waals surface area contributed by atoms with Crippen LogP contribution in [0.25, 0.3) is 11.0 Å². The van der Waals surface area contributed by atoms with Gasteiger partial charge >= 0.3 is 0 Å². The Balaban J connectivity index is 2.33. The smallest absolute Gasteiger partial charge is 0.153 e. The summed E-state index contributed by atoms with van der Waals surface area (Å²) in [5, 5.41) is 0. The molecule has 0 amide bonds. The van der Waals surface area contributed by atoms with Gasteiger partial charge in [0.2, 0.25) is 0 Å². The third kappa shape index (κ3) is 2.19. The van der Waals surface area contributed by atoms with Crippen molar-refractivity contribution >= 4 is 11.0 Å². The molecule has 2 aromatic rings. The van der Waals surface area contributed by atoms with Crippen molar-refractivity contribution in [2.75, 3.05) is 0 Å². The number of nitrogens with two attached hydrogens (primary N) is 1. The molecule has 16 heavy (non-hydrogen) atoms. The lowest BCUT2D eigenvalue weighted by atomic mass is 10.2. The highest BCUT2D eigenvalue weighted by atomic mass is 19.1. The Labute approximate surface area is 91.7 Å². The second-order valence-electron chi connectivity index (χ2n) is 3.98. The first-order valence-corrected chi connectivity index (χ1v) is 5.15. The molecule has 0 saturated heterocycles. The van der Waals surface area contributed by atoms with Gasteiger partial charge < -0.3 is 10.7 Å². The number of H-pyrrole nitrogens is 1. The van der Waals surface area contributed by atoms with E-state index in [1.165, 1.54) is 6.07 Å².